The highest BCUT2D eigenvalue weighted by atomic mass is 16.5. The molecular formula is C25H30N2O4. The number of esters is 1. The molecule has 0 unspecified atom stereocenters. The molecule has 31 heavy (non-hydrogen) atoms. The van der Waals surface area contributed by atoms with E-state index in [1.807, 2.05) is 49.4 Å². The molecule has 1 aliphatic heterocycles. The van der Waals surface area contributed by atoms with E-state index >= 15 is 0 Å². The highest BCUT2D eigenvalue weighted by Gasteiger charge is 2.37. The van der Waals surface area contributed by atoms with Gasteiger partial charge in [-0.05, 0) is 42.0 Å². The van der Waals surface area contributed by atoms with Crippen molar-refractivity contribution in [3.05, 3.63) is 59.2 Å². The van der Waals surface area contributed by atoms with Crippen molar-refractivity contribution in [3.8, 4) is 0 Å². The Bertz CT molecular complexity index is 947. The molecule has 6 heteroatoms. The van der Waals surface area contributed by atoms with Crippen LogP contribution in [-0.4, -0.2) is 30.9 Å². The first kappa shape index (κ1) is 22.5. The molecular weight excluding hydrogens is 392 g/mol. The summed E-state index contributed by atoms with van der Waals surface area (Å²) in [5.41, 5.74) is 4.84. The molecule has 3 rings (SSSR count). The minimum absolute atomic E-state index is 0.0844. The number of amides is 2. The summed E-state index contributed by atoms with van der Waals surface area (Å²) >= 11 is 0. The predicted molar refractivity (Wildman–Crippen MR) is 121 cm³/mol. The Morgan fingerprint density at radius 3 is 2.23 bits per heavy atom. The van der Waals surface area contributed by atoms with Crippen molar-refractivity contribution in [2.24, 2.45) is 5.92 Å². The highest BCUT2D eigenvalue weighted by molar-refractivity contribution is 6.01. The third-order valence-corrected chi connectivity index (χ3v) is 5.71. The van der Waals surface area contributed by atoms with Crippen molar-refractivity contribution < 1.29 is 19.1 Å². The van der Waals surface area contributed by atoms with Crippen LogP contribution in [0.5, 0.6) is 0 Å². The summed E-state index contributed by atoms with van der Waals surface area (Å²) in [5, 5.41) is 2.79. The molecule has 0 aromatic heterocycles. The molecule has 2 amide bonds. The minimum atomic E-state index is -0.571. The van der Waals surface area contributed by atoms with Gasteiger partial charge in [-0.3, -0.25) is 14.4 Å². The second-order valence-electron chi connectivity index (χ2n) is 7.70. The number of carbonyl (C=O) groups excluding carboxylic acids is 3. The zero-order valence-electron chi connectivity index (χ0n) is 18.4. The van der Waals surface area contributed by atoms with Crippen LogP contribution in [0.4, 0.5) is 11.4 Å². The first-order chi connectivity index (χ1) is 15.0. The topological polar surface area (TPSA) is 75.7 Å². The van der Waals surface area contributed by atoms with Gasteiger partial charge < -0.3 is 15.0 Å². The lowest BCUT2D eigenvalue weighted by Gasteiger charge is -2.23. The van der Waals surface area contributed by atoms with E-state index in [1.165, 1.54) is 0 Å². The summed E-state index contributed by atoms with van der Waals surface area (Å²) in [4.78, 5) is 39.3. The predicted octanol–water partition coefficient (Wildman–Crippen LogP) is 3.91. The number of carbonyl (C=O) groups is 3. The number of nitrogens with zero attached hydrogens (tertiary/aromatic N) is 1. The third-order valence-electron chi connectivity index (χ3n) is 5.71. The maximum absolute atomic E-state index is 12.7. The Morgan fingerprint density at radius 2 is 1.58 bits per heavy atom. The van der Waals surface area contributed by atoms with Gasteiger partial charge in [0.25, 0.3) is 5.91 Å². The number of aryl methyl sites for hydroxylation is 3. The molecule has 1 fully saturated rings. The minimum Gasteiger partial charge on any atom is -0.455 e. The average molecular weight is 423 g/mol. The number of rotatable bonds is 8. The fourth-order valence-corrected chi connectivity index (χ4v) is 4.03. The molecule has 1 N–H and O–H groups in total. The lowest BCUT2D eigenvalue weighted by atomic mass is 10.0. The molecule has 0 spiro atoms. The molecule has 1 atom stereocenters. The van der Waals surface area contributed by atoms with E-state index in [0.29, 0.717) is 0 Å². The smallest absolute Gasteiger partial charge is 0.311 e. The van der Waals surface area contributed by atoms with Crippen molar-refractivity contribution in [2.45, 2.75) is 46.5 Å². The van der Waals surface area contributed by atoms with Crippen LogP contribution in [0.15, 0.2) is 42.5 Å². The van der Waals surface area contributed by atoms with E-state index in [9.17, 15) is 14.4 Å². The summed E-state index contributed by atoms with van der Waals surface area (Å²) in [6.07, 6.45) is 2.50. The van der Waals surface area contributed by atoms with Crippen molar-refractivity contribution in [1.82, 2.24) is 0 Å². The second kappa shape index (κ2) is 10.2. The van der Waals surface area contributed by atoms with Gasteiger partial charge in [0.2, 0.25) is 5.91 Å². The van der Waals surface area contributed by atoms with Crippen molar-refractivity contribution >= 4 is 29.2 Å². The molecule has 1 saturated heterocycles. The average Bonchev–Trinajstić information content (AvgIpc) is 3.18. The van der Waals surface area contributed by atoms with Crippen LogP contribution in [0.3, 0.4) is 0 Å². The largest absolute Gasteiger partial charge is 0.455 e. The zero-order valence-corrected chi connectivity index (χ0v) is 18.4. The van der Waals surface area contributed by atoms with Crippen LogP contribution in [0.2, 0.25) is 0 Å². The molecule has 0 radical (unpaired) electrons. The Balaban J connectivity index is 1.62. The van der Waals surface area contributed by atoms with Gasteiger partial charge in [0.1, 0.15) is 0 Å². The maximum atomic E-state index is 12.7. The molecule has 1 heterocycles. The molecule has 164 valence electrons. The number of nitrogens with one attached hydrogen (secondary N) is 1. The first-order valence-electron chi connectivity index (χ1n) is 10.9. The standard InChI is InChI=1S/C25H30N2O4/c1-4-17-10-7-8-13-21(17)26-22(28)16-31-25(30)20-14-23(29)27(15-20)24-18(5-2)11-9-12-19(24)6-3/h7-13,20H,4-6,14-16H2,1-3H3,(H,26,28)/t20-/m1/s1. The van der Waals surface area contributed by atoms with Gasteiger partial charge in [0.05, 0.1) is 5.92 Å². The Kier molecular flexibility index (Phi) is 7.45. The van der Waals surface area contributed by atoms with E-state index in [1.54, 1.807) is 4.90 Å². The summed E-state index contributed by atoms with van der Waals surface area (Å²) in [7, 11) is 0. The number of ether oxygens (including phenoxy) is 1. The number of para-hydroxylation sites is 2. The molecule has 2 aromatic rings. The molecule has 0 saturated carbocycles. The number of anilines is 2. The van der Waals surface area contributed by atoms with Gasteiger partial charge in [-0.15, -0.1) is 0 Å². The van der Waals surface area contributed by atoms with E-state index in [2.05, 4.69) is 19.2 Å². The van der Waals surface area contributed by atoms with Gasteiger partial charge in [0.15, 0.2) is 6.61 Å². The van der Waals surface area contributed by atoms with Crippen LogP contribution >= 0.6 is 0 Å². The Labute approximate surface area is 183 Å². The number of hydrogen-bond acceptors (Lipinski definition) is 4. The Morgan fingerprint density at radius 1 is 0.968 bits per heavy atom. The fourth-order valence-electron chi connectivity index (χ4n) is 4.03. The number of hydrogen-bond donors (Lipinski definition) is 1. The molecule has 1 aliphatic rings. The fraction of sp³-hybridized carbons (Fsp3) is 0.400. The first-order valence-corrected chi connectivity index (χ1v) is 10.9. The number of benzene rings is 2. The monoisotopic (exact) mass is 422 g/mol. The Hall–Kier alpha value is -3.15. The maximum Gasteiger partial charge on any atom is 0.311 e. The van der Waals surface area contributed by atoms with Gasteiger partial charge in [-0.1, -0.05) is 57.2 Å². The van der Waals surface area contributed by atoms with Gasteiger partial charge in [-0.2, -0.15) is 0 Å². The van der Waals surface area contributed by atoms with Crippen LogP contribution in [0.1, 0.15) is 43.9 Å². The van der Waals surface area contributed by atoms with Gasteiger partial charge in [0, 0.05) is 24.3 Å². The molecule has 0 aliphatic carbocycles. The van der Waals surface area contributed by atoms with E-state index in [-0.39, 0.29) is 31.4 Å². The quantitative estimate of drug-likeness (QED) is 0.655. The van der Waals surface area contributed by atoms with Gasteiger partial charge >= 0.3 is 5.97 Å². The van der Waals surface area contributed by atoms with E-state index in [0.717, 1.165) is 47.3 Å². The third kappa shape index (κ3) is 5.13. The normalized spacial score (nSPS) is 15.8. The van der Waals surface area contributed by atoms with Crippen molar-refractivity contribution in [2.75, 3.05) is 23.4 Å². The highest BCUT2D eigenvalue weighted by Crippen LogP contribution is 2.32. The van der Waals surface area contributed by atoms with Gasteiger partial charge in [-0.25, -0.2) is 0 Å². The van der Waals surface area contributed by atoms with Crippen LogP contribution in [-0.2, 0) is 38.4 Å². The SMILES string of the molecule is CCc1ccccc1NC(=O)COC(=O)[C@@H]1CC(=O)N(c2c(CC)cccc2CC)C1. The summed E-state index contributed by atoms with van der Waals surface area (Å²) in [6, 6.07) is 13.6. The second-order valence-corrected chi connectivity index (χ2v) is 7.70. The molecule has 6 nitrogen and oxygen atoms in total. The van der Waals surface area contributed by atoms with Crippen LogP contribution in [0.25, 0.3) is 0 Å². The van der Waals surface area contributed by atoms with E-state index < -0.39 is 11.9 Å². The van der Waals surface area contributed by atoms with E-state index in [4.69, 9.17) is 4.74 Å². The summed E-state index contributed by atoms with van der Waals surface area (Å²) < 4.78 is 5.25. The molecule has 2 aromatic carbocycles. The van der Waals surface area contributed by atoms with Crippen LogP contribution < -0.4 is 10.2 Å². The summed E-state index contributed by atoms with van der Waals surface area (Å²) in [6.45, 7) is 6.03. The lowest BCUT2D eigenvalue weighted by molar-refractivity contribution is -0.151. The van der Waals surface area contributed by atoms with Crippen molar-refractivity contribution in [1.29, 1.82) is 0 Å². The zero-order chi connectivity index (χ0) is 22.4. The van der Waals surface area contributed by atoms with Crippen molar-refractivity contribution in [3.63, 3.8) is 0 Å². The lowest BCUT2D eigenvalue weighted by Crippen LogP contribution is -2.29. The summed E-state index contributed by atoms with van der Waals surface area (Å²) in [5.74, 6) is -1.56. The molecule has 0 bridgehead atoms. The van der Waals surface area contributed by atoms with Crippen LogP contribution in [0, 0.1) is 5.92 Å².